The van der Waals surface area contributed by atoms with Gasteiger partial charge in [-0.15, -0.1) is 10.2 Å². The number of piperazine rings is 1. The predicted molar refractivity (Wildman–Crippen MR) is 133 cm³/mol. The van der Waals surface area contributed by atoms with E-state index in [-0.39, 0.29) is 17.9 Å². The number of fused-ring (bicyclic) bond motifs is 1. The molecule has 1 N–H and O–H groups in total. The number of aliphatic hydroxyl groups excluding tert-OH is 1. The van der Waals surface area contributed by atoms with Gasteiger partial charge >= 0.3 is 0 Å². The van der Waals surface area contributed by atoms with Crippen LogP contribution in [0.4, 0.5) is 0 Å². The first-order valence-corrected chi connectivity index (χ1v) is 13.6. The Balaban J connectivity index is 1.49. The number of aryl methyl sites for hydroxylation is 3. The zero-order valence-corrected chi connectivity index (χ0v) is 21.8. The van der Waals surface area contributed by atoms with Gasteiger partial charge < -0.3 is 9.67 Å². The Morgan fingerprint density at radius 3 is 2.29 bits per heavy atom. The molecule has 0 unspecified atom stereocenters. The molecule has 1 saturated heterocycles. The Morgan fingerprint density at radius 2 is 1.66 bits per heavy atom. The molecule has 2 aromatic rings. The molecule has 0 aliphatic carbocycles. The third-order valence-corrected chi connectivity index (χ3v) is 9.51. The molecule has 1 aromatic heterocycles. The number of hydrogen-bond donors (Lipinski definition) is 1. The highest BCUT2D eigenvalue weighted by molar-refractivity contribution is 7.89. The first-order chi connectivity index (χ1) is 16.6. The van der Waals surface area contributed by atoms with Crippen molar-refractivity contribution >= 4 is 15.6 Å². The van der Waals surface area contributed by atoms with E-state index in [1.54, 1.807) is 0 Å². The zero-order chi connectivity index (χ0) is 25.3. The van der Waals surface area contributed by atoms with Crippen LogP contribution in [0.5, 0.6) is 0 Å². The van der Waals surface area contributed by atoms with Crippen LogP contribution < -0.4 is 0 Å². The van der Waals surface area contributed by atoms with Crippen molar-refractivity contribution in [3.63, 3.8) is 0 Å². The van der Waals surface area contributed by atoms with E-state index in [1.165, 1.54) is 4.31 Å². The van der Waals surface area contributed by atoms with E-state index in [4.69, 9.17) is 0 Å². The SMILES string of the molecule is Cc1cc(C)c(C)c(S(=O)(=O)N2CCN(C/C(O)=C(\C#N)c3nnc4n3CCCCC4)CC2)c1C. The smallest absolute Gasteiger partial charge is 0.243 e. The van der Waals surface area contributed by atoms with Gasteiger partial charge in [0.2, 0.25) is 10.0 Å². The lowest BCUT2D eigenvalue weighted by atomic mass is 10.0. The van der Waals surface area contributed by atoms with Gasteiger partial charge in [0.1, 0.15) is 23.2 Å². The van der Waals surface area contributed by atoms with Gasteiger partial charge in [0.25, 0.3) is 0 Å². The molecule has 0 spiro atoms. The van der Waals surface area contributed by atoms with Crippen LogP contribution in [0.1, 0.15) is 53.2 Å². The fourth-order valence-corrected chi connectivity index (χ4v) is 7.03. The lowest BCUT2D eigenvalue weighted by Crippen LogP contribution is -2.49. The third kappa shape index (κ3) is 4.85. The van der Waals surface area contributed by atoms with Crippen molar-refractivity contribution in [2.45, 2.75) is 64.8 Å². The monoisotopic (exact) mass is 498 g/mol. The molecule has 0 amide bonds. The van der Waals surface area contributed by atoms with Gasteiger partial charge in [0.05, 0.1) is 11.4 Å². The molecule has 10 heteroatoms. The van der Waals surface area contributed by atoms with Crippen LogP contribution in [-0.2, 0) is 23.0 Å². The molecule has 1 aromatic carbocycles. The molecule has 9 nitrogen and oxygen atoms in total. The fourth-order valence-electron chi connectivity index (χ4n) is 5.03. The van der Waals surface area contributed by atoms with Crippen LogP contribution in [0.2, 0.25) is 0 Å². The number of allylic oxidation sites excluding steroid dienone is 1. The summed E-state index contributed by atoms with van der Waals surface area (Å²) in [5.74, 6) is 1.22. The second kappa shape index (κ2) is 10.1. The maximum atomic E-state index is 13.5. The quantitative estimate of drug-likeness (QED) is 0.498. The Labute approximate surface area is 207 Å². The average Bonchev–Trinajstić information content (AvgIpc) is 3.05. The Bertz CT molecular complexity index is 1270. The molecule has 4 rings (SSSR count). The number of aromatic nitrogens is 3. The van der Waals surface area contributed by atoms with E-state index < -0.39 is 10.0 Å². The highest BCUT2D eigenvalue weighted by atomic mass is 32.2. The Kier molecular flexibility index (Phi) is 7.31. The first-order valence-electron chi connectivity index (χ1n) is 12.2. The standard InChI is InChI=1S/C25H34N6O3S/c1-17-14-18(2)20(4)24(19(17)3)35(33,34)30-12-10-29(11-13-30)16-22(32)21(15-26)25-28-27-23-8-6-5-7-9-31(23)25/h14,32H,5-13,16H2,1-4H3/b22-21-. The van der Waals surface area contributed by atoms with Crippen LogP contribution in [0.15, 0.2) is 16.7 Å². The summed E-state index contributed by atoms with van der Waals surface area (Å²) in [6.45, 7) is 10.1. The number of nitrogens with zero attached hydrogens (tertiary/aromatic N) is 6. The van der Waals surface area contributed by atoms with Crippen molar-refractivity contribution in [2.24, 2.45) is 0 Å². The minimum atomic E-state index is -3.63. The Hall–Kier alpha value is -2.74. The normalized spacial score (nSPS) is 18.5. The van der Waals surface area contributed by atoms with Crippen molar-refractivity contribution in [2.75, 3.05) is 32.7 Å². The zero-order valence-electron chi connectivity index (χ0n) is 21.0. The number of aliphatic hydroxyl groups is 1. The molecule has 188 valence electrons. The second-order valence-corrected chi connectivity index (χ2v) is 11.5. The summed E-state index contributed by atoms with van der Waals surface area (Å²) < 4.78 is 30.5. The van der Waals surface area contributed by atoms with E-state index in [0.717, 1.165) is 60.3 Å². The maximum Gasteiger partial charge on any atom is 0.243 e. The van der Waals surface area contributed by atoms with E-state index >= 15 is 0 Å². The molecule has 0 atom stereocenters. The summed E-state index contributed by atoms with van der Waals surface area (Å²) in [6.07, 6.45) is 3.97. The van der Waals surface area contributed by atoms with Gasteiger partial charge in [0.15, 0.2) is 5.82 Å². The van der Waals surface area contributed by atoms with Crippen LogP contribution in [0.25, 0.3) is 5.57 Å². The number of hydrogen-bond acceptors (Lipinski definition) is 7. The van der Waals surface area contributed by atoms with Crippen LogP contribution in [0, 0.1) is 39.0 Å². The van der Waals surface area contributed by atoms with Gasteiger partial charge in [-0.1, -0.05) is 12.5 Å². The summed E-state index contributed by atoms with van der Waals surface area (Å²) in [5.41, 5.74) is 3.66. The summed E-state index contributed by atoms with van der Waals surface area (Å²) in [5, 5.41) is 29.1. The number of nitriles is 1. The number of benzene rings is 1. The molecule has 3 heterocycles. The summed E-state index contributed by atoms with van der Waals surface area (Å²) in [7, 11) is -3.63. The van der Waals surface area contributed by atoms with Crippen LogP contribution >= 0.6 is 0 Å². The molecule has 1 fully saturated rings. The lowest BCUT2D eigenvalue weighted by molar-refractivity contribution is 0.181. The van der Waals surface area contributed by atoms with Crippen LogP contribution in [0.3, 0.4) is 0 Å². The van der Waals surface area contributed by atoms with Crippen molar-refractivity contribution in [1.82, 2.24) is 24.0 Å². The highest BCUT2D eigenvalue weighted by Crippen LogP contribution is 2.29. The number of rotatable bonds is 5. The van der Waals surface area contributed by atoms with Gasteiger partial charge in [-0.3, -0.25) is 4.90 Å². The van der Waals surface area contributed by atoms with Crippen molar-refractivity contribution in [3.8, 4) is 6.07 Å². The van der Waals surface area contributed by atoms with E-state index in [0.29, 0.717) is 36.9 Å². The predicted octanol–water partition coefficient (Wildman–Crippen LogP) is 3.04. The molecule has 2 aliphatic heterocycles. The fraction of sp³-hybridized carbons (Fsp3) is 0.560. The van der Waals surface area contributed by atoms with Gasteiger partial charge in [-0.05, 0) is 62.8 Å². The average molecular weight is 499 g/mol. The maximum absolute atomic E-state index is 13.5. The Morgan fingerprint density at radius 1 is 1.00 bits per heavy atom. The van der Waals surface area contributed by atoms with Gasteiger partial charge in [0, 0.05) is 39.1 Å². The topological polar surface area (TPSA) is 115 Å². The van der Waals surface area contributed by atoms with E-state index in [2.05, 4.69) is 16.3 Å². The molecule has 0 saturated carbocycles. The molecular formula is C25H34N6O3S. The lowest BCUT2D eigenvalue weighted by Gasteiger charge is -2.34. The summed E-state index contributed by atoms with van der Waals surface area (Å²) in [6, 6.07) is 4.14. The van der Waals surface area contributed by atoms with Crippen molar-refractivity contribution in [1.29, 1.82) is 5.26 Å². The third-order valence-electron chi connectivity index (χ3n) is 7.33. The van der Waals surface area contributed by atoms with Crippen LogP contribution in [-0.4, -0.2) is 70.2 Å². The summed E-state index contributed by atoms with van der Waals surface area (Å²) in [4.78, 5) is 2.38. The van der Waals surface area contributed by atoms with E-state index in [9.17, 15) is 18.8 Å². The number of sulfonamides is 1. The molecule has 35 heavy (non-hydrogen) atoms. The van der Waals surface area contributed by atoms with Crippen molar-refractivity contribution < 1.29 is 13.5 Å². The molecular weight excluding hydrogens is 464 g/mol. The molecule has 2 aliphatic rings. The minimum absolute atomic E-state index is 0.0516. The van der Waals surface area contributed by atoms with Crippen molar-refractivity contribution in [3.05, 3.63) is 45.7 Å². The molecule has 0 bridgehead atoms. The molecule has 0 radical (unpaired) electrons. The van der Waals surface area contributed by atoms with E-state index in [1.807, 2.05) is 43.2 Å². The summed E-state index contributed by atoms with van der Waals surface area (Å²) >= 11 is 0. The second-order valence-electron chi connectivity index (χ2n) is 9.61. The first kappa shape index (κ1) is 25.4. The largest absolute Gasteiger partial charge is 0.509 e. The van der Waals surface area contributed by atoms with Gasteiger partial charge in [-0.2, -0.15) is 9.57 Å². The minimum Gasteiger partial charge on any atom is -0.509 e. The van der Waals surface area contributed by atoms with Gasteiger partial charge in [-0.25, -0.2) is 8.42 Å². The highest BCUT2D eigenvalue weighted by Gasteiger charge is 2.32.